The Hall–Kier alpha value is -3.04. The molecule has 9 heteroatoms. The van der Waals surface area contributed by atoms with Crippen LogP contribution >= 0.6 is 12.2 Å². The molecule has 1 amide bonds. The zero-order valence-electron chi connectivity index (χ0n) is 19.2. The van der Waals surface area contributed by atoms with Crippen molar-refractivity contribution in [3.05, 3.63) is 42.0 Å². The molecular formula is C24H31N3O5S. The SMILES string of the molecule is CCOc1cc(NC(=S)NC[C@H]2CCCO2)c(OCC)cc1NC(=O)c1ccc(OC)cc1. The third kappa shape index (κ3) is 6.97. The van der Waals surface area contributed by atoms with Crippen molar-refractivity contribution in [3.8, 4) is 17.2 Å². The van der Waals surface area contributed by atoms with Crippen LogP contribution in [0.5, 0.6) is 17.2 Å². The zero-order chi connectivity index (χ0) is 23.6. The molecule has 0 radical (unpaired) electrons. The highest BCUT2D eigenvalue weighted by atomic mass is 32.1. The summed E-state index contributed by atoms with van der Waals surface area (Å²) in [7, 11) is 1.58. The van der Waals surface area contributed by atoms with E-state index < -0.39 is 0 Å². The van der Waals surface area contributed by atoms with E-state index in [2.05, 4.69) is 16.0 Å². The number of carbonyl (C=O) groups excluding carboxylic acids is 1. The predicted octanol–water partition coefficient (Wildman–Crippen LogP) is 4.21. The summed E-state index contributed by atoms with van der Waals surface area (Å²) in [4.78, 5) is 12.8. The molecule has 2 aromatic carbocycles. The maximum absolute atomic E-state index is 12.8. The standard InChI is InChI=1S/C24H31N3O5S/c1-4-30-21-14-20(27-24(33)25-15-18-7-6-12-32-18)22(31-5-2)13-19(21)26-23(28)16-8-10-17(29-3)11-9-16/h8-11,13-14,18H,4-7,12,15H2,1-3H3,(H,26,28)(H2,25,27,33)/t18-/m1/s1. The van der Waals surface area contributed by atoms with E-state index in [0.29, 0.717) is 59.1 Å². The number of hydrogen-bond donors (Lipinski definition) is 3. The van der Waals surface area contributed by atoms with Gasteiger partial charge in [-0.1, -0.05) is 0 Å². The molecule has 1 fully saturated rings. The van der Waals surface area contributed by atoms with E-state index in [0.717, 1.165) is 19.4 Å². The molecule has 0 bridgehead atoms. The molecule has 1 aliphatic rings. The van der Waals surface area contributed by atoms with Gasteiger partial charge in [-0.3, -0.25) is 4.79 Å². The predicted molar refractivity (Wildman–Crippen MR) is 133 cm³/mol. The van der Waals surface area contributed by atoms with Gasteiger partial charge in [0.25, 0.3) is 5.91 Å². The van der Waals surface area contributed by atoms with Crippen molar-refractivity contribution in [2.24, 2.45) is 0 Å². The molecule has 1 heterocycles. The fraction of sp³-hybridized carbons (Fsp3) is 0.417. The van der Waals surface area contributed by atoms with Gasteiger partial charge in [0.05, 0.1) is 37.8 Å². The number of anilines is 2. The summed E-state index contributed by atoms with van der Waals surface area (Å²) in [6.45, 7) is 6.09. The van der Waals surface area contributed by atoms with Crippen LogP contribution < -0.4 is 30.2 Å². The summed E-state index contributed by atoms with van der Waals surface area (Å²) in [6.07, 6.45) is 2.27. The first-order valence-corrected chi connectivity index (χ1v) is 11.5. The molecule has 2 aromatic rings. The van der Waals surface area contributed by atoms with Gasteiger partial charge in [-0.25, -0.2) is 0 Å². The van der Waals surface area contributed by atoms with Gasteiger partial charge in [0.1, 0.15) is 17.2 Å². The third-order valence-corrected chi connectivity index (χ3v) is 5.29. The van der Waals surface area contributed by atoms with E-state index in [4.69, 9.17) is 31.2 Å². The van der Waals surface area contributed by atoms with Crippen LogP contribution in [0.1, 0.15) is 37.0 Å². The maximum Gasteiger partial charge on any atom is 0.255 e. The first kappa shape index (κ1) is 24.6. The first-order valence-electron chi connectivity index (χ1n) is 11.1. The topological polar surface area (TPSA) is 90.1 Å². The molecule has 0 saturated carbocycles. The molecule has 1 atom stereocenters. The van der Waals surface area contributed by atoms with Crippen LogP contribution in [0.3, 0.4) is 0 Å². The van der Waals surface area contributed by atoms with Crippen molar-refractivity contribution in [1.82, 2.24) is 5.32 Å². The van der Waals surface area contributed by atoms with Crippen molar-refractivity contribution >= 4 is 34.6 Å². The third-order valence-electron chi connectivity index (χ3n) is 5.04. The molecule has 8 nitrogen and oxygen atoms in total. The van der Waals surface area contributed by atoms with E-state index in [1.807, 2.05) is 13.8 Å². The lowest BCUT2D eigenvalue weighted by atomic mass is 10.2. The summed E-state index contributed by atoms with van der Waals surface area (Å²) in [5.41, 5.74) is 1.65. The molecule has 3 N–H and O–H groups in total. The molecule has 3 rings (SSSR count). The summed E-state index contributed by atoms with van der Waals surface area (Å²) in [5, 5.41) is 9.74. The molecule has 0 aliphatic carbocycles. The fourth-order valence-corrected chi connectivity index (χ4v) is 3.61. The van der Waals surface area contributed by atoms with Crippen LogP contribution in [0.25, 0.3) is 0 Å². The van der Waals surface area contributed by atoms with Crippen LogP contribution in [0.4, 0.5) is 11.4 Å². The Balaban J connectivity index is 1.77. The second-order valence-electron chi connectivity index (χ2n) is 7.36. The lowest BCUT2D eigenvalue weighted by Gasteiger charge is -2.19. The van der Waals surface area contributed by atoms with Crippen LogP contribution in [0.15, 0.2) is 36.4 Å². The molecule has 33 heavy (non-hydrogen) atoms. The average molecular weight is 474 g/mol. The quantitative estimate of drug-likeness (QED) is 0.442. The van der Waals surface area contributed by atoms with Gasteiger partial charge in [0.2, 0.25) is 0 Å². The molecule has 0 aromatic heterocycles. The minimum Gasteiger partial charge on any atom is -0.497 e. The summed E-state index contributed by atoms with van der Waals surface area (Å²) in [6, 6.07) is 10.4. The molecule has 0 unspecified atom stereocenters. The Morgan fingerprint density at radius 1 is 1.06 bits per heavy atom. The number of rotatable bonds is 10. The second-order valence-corrected chi connectivity index (χ2v) is 7.77. The minimum absolute atomic E-state index is 0.172. The minimum atomic E-state index is -0.268. The number of thiocarbonyl (C=S) groups is 1. The van der Waals surface area contributed by atoms with E-state index in [1.54, 1.807) is 43.5 Å². The Morgan fingerprint density at radius 3 is 2.24 bits per heavy atom. The van der Waals surface area contributed by atoms with Crippen molar-refractivity contribution in [2.75, 3.05) is 44.1 Å². The van der Waals surface area contributed by atoms with E-state index in [9.17, 15) is 4.79 Å². The van der Waals surface area contributed by atoms with Gasteiger partial charge < -0.3 is 34.9 Å². The van der Waals surface area contributed by atoms with E-state index in [1.165, 1.54) is 0 Å². The first-order chi connectivity index (χ1) is 16.0. The molecule has 0 spiro atoms. The van der Waals surface area contributed by atoms with Gasteiger partial charge in [-0.15, -0.1) is 0 Å². The Labute approximate surface area is 199 Å². The number of benzene rings is 2. The Kier molecular flexibility index (Phi) is 9.14. The lowest BCUT2D eigenvalue weighted by molar-refractivity contribution is 0.102. The monoisotopic (exact) mass is 473 g/mol. The van der Waals surface area contributed by atoms with Gasteiger partial charge in [0, 0.05) is 30.8 Å². The lowest BCUT2D eigenvalue weighted by Crippen LogP contribution is -2.34. The second kappa shape index (κ2) is 12.3. The summed E-state index contributed by atoms with van der Waals surface area (Å²) >= 11 is 5.46. The summed E-state index contributed by atoms with van der Waals surface area (Å²) in [5.74, 6) is 1.47. The average Bonchev–Trinajstić information content (AvgIpc) is 3.34. The van der Waals surface area contributed by atoms with Crippen LogP contribution in [0, 0.1) is 0 Å². The number of ether oxygens (including phenoxy) is 4. The van der Waals surface area contributed by atoms with Crippen LogP contribution in [-0.4, -0.2) is 50.6 Å². The molecule has 1 aliphatic heterocycles. The normalized spacial score (nSPS) is 14.9. The van der Waals surface area contributed by atoms with Crippen molar-refractivity contribution in [2.45, 2.75) is 32.8 Å². The number of methoxy groups -OCH3 is 1. The smallest absolute Gasteiger partial charge is 0.255 e. The van der Waals surface area contributed by atoms with Gasteiger partial charge in [-0.05, 0) is 63.2 Å². The highest BCUT2D eigenvalue weighted by molar-refractivity contribution is 7.80. The van der Waals surface area contributed by atoms with Crippen molar-refractivity contribution in [1.29, 1.82) is 0 Å². The number of hydrogen-bond acceptors (Lipinski definition) is 6. The Bertz CT molecular complexity index is 946. The number of amides is 1. The largest absolute Gasteiger partial charge is 0.497 e. The molecular weight excluding hydrogens is 442 g/mol. The maximum atomic E-state index is 12.8. The fourth-order valence-electron chi connectivity index (χ4n) is 3.42. The van der Waals surface area contributed by atoms with Gasteiger partial charge >= 0.3 is 0 Å². The van der Waals surface area contributed by atoms with Crippen LogP contribution in [0.2, 0.25) is 0 Å². The van der Waals surface area contributed by atoms with Gasteiger partial charge in [-0.2, -0.15) is 0 Å². The molecule has 178 valence electrons. The molecule has 1 saturated heterocycles. The van der Waals surface area contributed by atoms with Crippen LogP contribution in [-0.2, 0) is 4.74 Å². The number of nitrogens with one attached hydrogen (secondary N) is 3. The van der Waals surface area contributed by atoms with E-state index >= 15 is 0 Å². The van der Waals surface area contributed by atoms with E-state index in [-0.39, 0.29) is 12.0 Å². The van der Waals surface area contributed by atoms with Crippen molar-refractivity contribution < 1.29 is 23.7 Å². The summed E-state index contributed by atoms with van der Waals surface area (Å²) < 4.78 is 22.4. The highest BCUT2D eigenvalue weighted by Gasteiger charge is 2.18. The van der Waals surface area contributed by atoms with Gasteiger partial charge in [0.15, 0.2) is 5.11 Å². The number of carbonyl (C=O) groups is 1. The van der Waals surface area contributed by atoms with Crippen molar-refractivity contribution in [3.63, 3.8) is 0 Å². The Morgan fingerprint density at radius 2 is 1.70 bits per heavy atom. The zero-order valence-corrected chi connectivity index (χ0v) is 20.1. The highest BCUT2D eigenvalue weighted by Crippen LogP contribution is 2.37.